The van der Waals surface area contributed by atoms with Gasteiger partial charge in [-0.1, -0.05) is 30.7 Å². The monoisotopic (exact) mass is 488 g/mol. The first-order chi connectivity index (χ1) is 16.3. The topological polar surface area (TPSA) is 125 Å². The minimum Gasteiger partial charge on any atom is -0.491 e. The maximum Gasteiger partial charge on any atom is 0.354 e. The Bertz CT molecular complexity index is 1240. The molecule has 11 heteroatoms. The SMILES string of the molecule is COC(=O)[C@@H](C)Cn1c(=O)nc(Nc2ccc(OCCO)cc2)n(Cc2ccc(Cl)cc2)c1=O. The lowest BCUT2D eigenvalue weighted by Gasteiger charge is -2.17. The predicted molar refractivity (Wildman–Crippen MR) is 127 cm³/mol. The molecule has 0 saturated heterocycles. The normalized spacial score (nSPS) is 11.6. The molecule has 0 fully saturated rings. The van der Waals surface area contributed by atoms with E-state index < -0.39 is 23.3 Å². The van der Waals surface area contributed by atoms with Crippen molar-refractivity contribution in [2.75, 3.05) is 25.6 Å². The summed E-state index contributed by atoms with van der Waals surface area (Å²) in [4.78, 5) is 41.9. The highest BCUT2D eigenvalue weighted by Gasteiger charge is 2.20. The molecule has 0 saturated carbocycles. The maximum absolute atomic E-state index is 13.3. The Balaban J connectivity index is 1.99. The van der Waals surface area contributed by atoms with E-state index in [0.29, 0.717) is 16.5 Å². The largest absolute Gasteiger partial charge is 0.491 e. The van der Waals surface area contributed by atoms with Crippen LogP contribution in [0.3, 0.4) is 0 Å². The fourth-order valence-corrected chi connectivity index (χ4v) is 3.30. The number of anilines is 2. The third-order valence-electron chi connectivity index (χ3n) is 4.93. The van der Waals surface area contributed by atoms with Crippen molar-refractivity contribution in [3.05, 3.63) is 80.1 Å². The molecule has 1 atom stereocenters. The highest BCUT2D eigenvalue weighted by molar-refractivity contribution is 6.30. The van der Waals surface area contributed by atoms with Gasteiger partial charge in [0.05, 0.1) is 26.2 Å². The first kappa shape index (κ1) is 25.0. The summed E-state index contributed by atoms with van der Waals surface area (Å²) in [6.45, 7) is 1.56. The third kappa shape index (κ3) is 6.24. The standard InChI is InChI=1S/C23H25ClN4O6/c1-15(20(30)33-2)13-28-22(31)26-21(25-18-7-9-19(10-8-18)34-12-11-29)27(23(28)32)14-16-3-5-17(24)6-4-16/h3-10,15,29H,11-14H2,1-2H3,(H,25,26,31)/t15-/m0/s1. The van der Waals surface area contributed by atoms with E-state index >= 15 is 0 Å². The van der Waals surface area contributed by atoms with Crippen molar-refractivity contribution in [2.24, 2.45) is 5.92 Å². The van der Waals surface area contributed by atoms with Crippen molar-refractivity contribution in [1.82, 2.24) is 14.1 Å². The van der Waals surface area contributed by atoms with E-state index in [9.17, 15) is 14.4 Å². The predicted octanol–water partition coefficient (Wildman–Crippen LogP) is 2.03. The van der Waals surface area contributed by atoms with E-state index in [2.05, 4.69) is 10.3 Å². The summed E-state index contributed by atoms with van der Waals surface area (Å²) in [5.74, 6) is -0.665. The van der Waals surface area contributed by atoms with Crippen LogP contribution < -0.4 is 21.4 Å². The summed E-state index contributed by atoms with van der Waals surface area (Å²) >= 11 is 5.97. The number of rotatable bonds is 10. The Kier molecular flexibility index (Phi) is 8.44. The summed E-state index contributed by atoms with van der Waals surface area (Å²) in [6.07, 6.45) is 0. The van der Waals surface area contributed by atoms with Crippen LogP contribution in [0.15, 0.2) is 58.1 Å². The van der Waals surface area contributed by atoms with Gasteiger partial charge in [0.15, 0.2) is 0 Å². The van der Waals surface area contributed by atoms with Gasteiger partial charge in [-0.25, -0.2) is 14.2 Å². The molecular weight excluding hydrogens is 464 g/mol. The summed E-state index contributed by atoms with van der Waals surface area (Å²) in [6, 6.07) is 13.7. The number of esters is 1. The van der Waals surface area contributed by atoms with Crippen LogP contribution in [0.2, 0.25) is 5.02 Å². The molecule has 3 aromatic rings. The zero-order chi connectivity index (χ0) is 24.7. The number of ether oxygens (including phenoxy) is 2. The van der Waals surface area contributed by atoms with Crippen LogP contribution in [0.1, 0.15) is 12.5 Å². The number of methoxy groups -OCH3 is 1. The van der Waals surface area contributed by atoms with Gasteiger partial charge in [0.2, 0.25) is 5.95 Å². The second kappa shape index (κ2) is 11.5. The van der Waals surface area contributed by atoms with E-state index in [1.165, 1.54) is 11.7 Å². The van der Waals surface area contributed by atoms with E-state index in [1.54, 1.807) is 55.5 Å². The minimum absolute atomic E-state index is 0.0379. The number of aromatic nitrogens is 3. The lowest BCUT2D eigenvalue weighted by molar-refractivity contribution is -0.145. The molecule has 0 amide bonds. The Labute approximate surface area is 200 Å². The fourth-order valence-electron chi connectivity index (χ4n) is 3.17. The van der Waals surface area contributed by atoms with Crippen molar-refractivity contribution in [2.45, 2.75) is 20.0 Å². The van der Waals surface area contributed by atoms with Gasteiger partial charge in [-0.3, -0.25) is 9.36 Å². The molecule has 3 rings (SSSR count). The minimum atomic E-state index is -0.793. The van der Waals surface area contributed by atoms with E-state index in [1.807, 2.05) is 0 Å². The number of aliphatic hydroxyl groups excluding tert-OH is 1. The molecule has 2 N–H and O–H groups in total. The van der Waals surface area contributed by atoms with Crippen molar-refractivity contribution in [1.29, 1.82) is 0 Å². The molecular formula is C23H25ClN4O6. The number of hydrogen-bond acceptors (Lipinski definition) is 8. The molecule has 180 valence electrons. The number of benzene rings is 2. The van der Waals surface area contributed by atoms with Crippen molar-refractivity contribution < 1.29 is 19.4 Å². The molecule has 0 aliphatic rings. The Morgan fingerprint density at radius 2 is 1.79 bits per heavy atom. The first-order valence-corrected chi connectivity index (χ1v) is 10.8. The molecule has 0 unspecified atom stereocenters. The lowest BCUT2D eigenvalue weighted by atomic mass is 10.2. The van der Waals surface area contributed by atoms with E-state index in [0.717, 1.165) is 10.1 Å². The average Bonchev–Trinajstić information content (AvgIpc) is 2.84. The summed E-state index contributed by atoms with van der Waals surface area (Å²) in [7, 11) is 1.24. The Morgan fingerprint density at radius 3 is 2.41 bits per heavy atom. The highest BCUT2D eigenvalue weighted by Crippen LogP contribution is 2.19. The summed E-state index contributed by atoms with van der Waals surface area (Å²) < 4.78 is 12.3. The number of carbonyl (C=O) groups is 1. The van der Waals surface area contributed by atoms with Gasteiger partial charge in [0.25, 0.3) is 0 Å². The van der Waals surface area contributed by atoms with Crippen LogP contribution >= 0.6 is 11.6 Å². The van der Waals surface area contributed by atoms with Gasteiger partial charge < -0.3 is 19.9 Å². The fraction of sp³-hybridized carbons (Fsp3) is 0.304. The molecule has 10 nitrogen and oxygen atoms in total. The Morgan fingerprint density at radius 1 is 1.12 bits per heavy atom. The van der Waals surface area contributed by atoms with Crippen LogP contribution in [0, 0.1) is 5.92 Å². The smallest absolute Gasteiger partial charge is 0.354 e. The summed E-state index contributed by atoms with van der Waals surface area (Å²) in [5, 5.41) is 12.4. The molecule has 2 aromatic carbocycles. The quantitative estimate of drug-likeness (QED) is 0.415. The third-order valence-corrected chi connectivity index (χ3v) is 5.19. The van der Waals surface area contributed by atoms with Gasteiger partial charge in [0, 0.05) is 17.3 Å². The second-order valence-electron chi connectivity index (χ2n) is 7.47. The molecule has 0 spiro atoms. The number of halogens is 1. The van der Waals surface area contributed by atoms with Crippen molar-refractivity contribution in [3.63, 3.8) is 0 Å². The molecule has 34 heavy (non-hydrogen) atoms. The Hall–Kier alpha value is -3.63. The summed E-state index contributed by atoms with van der Waals surface area (Å²) in [5.41, 5.74) is -0.0990. The molecule has 1 aromatic heterocycles. The zero-order valence-corrected chi connectivity index (χ0v) is 19.5. The number of nitrogens with zero attached hydrogens (tertiary/aromatic N) is 3. The van der Waals surface area contributed by atoms with E-state index in [-0.39, 0.29) is 32.3 Å². The van der Waals surface area contributed by atoms with Gasteiger partial charge in [-0.05, 0) is 42.0 Å². The number of nitrogens with one attached hydrogen (secondary N) is 1. The molecule has 0 radical (unpaired) electrons. The van der Waals surface area contributed by atoms with E-state index in [4.69, 9.17) is 26.2 Å². The zero-order valence-electron chi connectivity index (χ0n) is 18.7. The molecule has 0 aliphatic heterocycles. The molecule has 1 heterocycles. The van der Waals surface area contributed by atoms with Gasteiger partial charge >= 0.3 is 17.3 Å². The second-order valence-corrected chi connectivity index (χ2v) is 7.91. The average molecular weight is 489 g/mol. The number of aliphatic hydroxyl groups is 1. The number of hydrogen-bond donors (Lipinski definition) is 2. The van der Waals surface area contributed by atoms with Gasteiger partial charge in [-0.15, -0.1) is 0 Å². The van der Waals surface area contributed by atoms with Crippen LogP contribution in [-0.4, -0.2) is 45.5 Å². The van der Waals surface area contributed by atoms with Crippen molar-refractivity contribution in [3.8, 4) is 5.75 Å². The van der Waals surface area contributed by atoms with Crippen molar-refractivity contribution >= 4 is 29.2 Å². The molecule has 0 bridgehead atoms. The maximum atomic E-state index is 13.3. The highest BCUT2D eigenvalue weighted by atomic mass is 35.5. The van der Waals surface area contributed by atoms with Gasteiger partial charge in [0.1, 0.15) is 12.4 Å². The van der Waals surface area contributed by atoms with Crippen LogP contribution in [0.25, 0.3) is 0 Å². The lowest BCUT2D eigenvalue weighted by Crippen LogP contribution is -2.44. The number of carbonyl (C=O) groups excluding carboxylic acids is 1. The molecule has 0 aliphatic carbocycles. The van der Waals surface area contributed by atoms with Crippen LogP contribution in [-0.2, 0) is 22.6 Å². The van der Waals surface area contributed by atoms with Crippen LogP contribution in [0.5, 0.6) is 5.75 Å². The first-order valence-electron chi connectivity index (χ1n) is 10.5. The van der Waals surface area contributed by atoms with Gasteiger partial charge in [-0.2, -0.15) is 4.98 Å². The van der Waals surface area contributed by atoms with Crippen LogP contribution in [0.4, 0.5) is 11.6 Å².